The maximum Gasteiger partial charge on any atom is 0.0851 e. The van der Waals surface area contributed by atoms with E-state index < -0.39 is 0 Å². The van der Waals surface area contributed by atoms with Gasteiger partial charge in [-0.2, -0.15) is 0 Å². The van der Waals surface area contributed by atoms with Crippen LogP contribution in [0.3, 0.4) is 0 Å². The Morgan fingerprint density at radius 3 is 2.79 bits per heavy atom. The molecule has 1 aliphatic carbocycles. The lowest BCUT2D eigenvalue weighted by atomic mass is 9.97. The third-order valence-electron chi connectivity index (χ3n) is 3.77. The van der Waals surface area contributed by atoms with Crippen molar-refractivity contribution in [2.24, 2.45) is 0 Å². The molecule has 3 heterocycles. The molecule has 3 heteroatoms. The smallest absolute Gasteiger partial charge is 0.0851 e. The van der Waals surface area contributed by atoms with Gasteiger partial charge < -0.3 is 0 Å². The number of hydrogen-bond acceptors (Lipinski definition) is 3. The van der Waals surface area contributed by atoms with E-state index in [4.69, 9.17) is 0 Å². The largest absolute Gasteiger partial charge is 0.256 e. The predicted octanol–water partition coefficient (Wildman–Crippen LogP) is 4.24. The van der Waals surface area contributed by atoms with Crippen LogP contribution in [0.2, 0.25) is 0 Å². The van der Waals surface area contributed by atoms with Gasteiger partial charge in [0.05, 0.1) is 15.9 Å². The number of thiophene rings is 1. The molecule has 94 valence electrons. The molecule has 0 saturated carbocycles. The van der Waals surface area contributed by atoms with Gasteiger partial charge in [0.25, 0.3) is 0 Å². The summed E-state index contributed by atoms with van der Waals surface area (Å²) in [5.74, 6) is 0. The maximum atomic E-state index is 4.62. The molecule has 0 amide bonds. The fraction of sp³-hybridized carbons (Fsp3) is 0.250. The predicted molar refractivity (Wildman–Crippen MR) is 79.5 cm³/mol. The van der Waals surface area contributed by atoms with Gasteiger partial charge in [-0.1, -0.05) is 6.07 Å². The van der Waals surface area contributed by atoms with Gasteiger partial charge in [0, 0.05) is 22.8 Å². The molecule has 0 aromatic carbocycles. The van der Waals surface area contributed by atoms with Crippen molar-refractivity contribution in [2.75, 3.05) is 0 Å². The molecule has 19 heavy (non-hydrogen) atoms. The van der Waals surface area contributed by atoms with Crippen LogP contribution in [0.1, 0.15) is 23.3 Å². The highest BCUT2D eigenvalue weighted by Crippen LogP contribution is 2.39. The van der Waals surface area contributed by atoms with E-state index in [0.717, 1.165) is 5.69 Å². The SMILES string of the molecule is c1ccc(-c2ccnc3c4c(sc23)CCCC4)nc1. The number of fused-ring (bicyclic) bond motifs is 3. The summed E-state index contributed by atoms with van der Waals surface area (Å²) in [6.45, 7) is 0. The summed E-state index contributed by atoms with van der Waals surface area (Å²) >= 11 is 1.92. The van der Waals surface area contributed by atoms with Gasteiger partial charge in [-0.25, -0.2) is 0 Å². The second kappa shape index (κ2) is 4.42. The van der Waals surface area contributed by atoms with E-state index in [0.29, 0.717) is 0 Å². The molecule has 1 aliphatic rings. The highest BCUT2D eigenvalue weighted by Gasteiger charge is 2.19. The van der Waals surface area contributed by atoms with Gasteiger partial charge >= 0.3 is 0 Å². The van der Waals surface area contributed by atoms with Crippen molar-refractivity contribution in [3.8, 4) is 11.3 Å². The van der Waals surface area contributed by atoms with Gasteiger partial charge in [-0.3, -0.25) is 9.97 Å². The Hall–Kier alpha value is -1.74. The average Bonchev–Trinajstić information content (AvgIpc) is 2.87. The Morgan fingerprint density at radius 1 is 0.947 bits per heavy atom. The lowest BCUT2D eigenvalue weighted by Gasteiger charge is -2.09. The molecule has 0 saturated heterocycles. The van der Waals surface area contributed by atoms with Crippen LogP contribution in [-0.4, -0.2) is 9.97 Å². The topological polar surface area (TPSA) is 25.8 Å². The minimum absolute atomic E-state index is 1.05. The Morgan fingerprint density at radius 2 is 1.89 bits per heavy atom. The molecule has 0 fully saturated rings. The van der Waals surface area contributed by atoms with E-state index in [9.17, 15) is 0 Å². The van der Waals surface area contributed by atoms with E-state index in [2.05, 4.69) is 22.1 Å². The second-order valence-corrected chi connectivity index (χ2v) is 6.07. The third-order valence-corrected chi connectivity index (χ3v) is 5.09. The summed E-state index contributed by atoms with van der Waals surface area (Å²) in [6.07, 6.45) is 8.81. The maximum absolute atomic E-state index is 4.62. The van der Waals surface area contributed by atoms with Crippen LogP contribution >= 0.6 is 11.3 Å². The number of pyridine rings is 2. The van der Waals surface area contributed by atoms with Crippen molar-refractivity contribution >= 4 is 21.6 Å². The Labute approximate surface area is 116 Å². The lowest BCUT2D eigenvalue weighted by molar-refractivity contribution is 0.699. The molecule has 3 aromatic heterocycles. The van der Waals surface area contributed by atoms with Crippen molar-refractivity contribution < 1.29 is 0 Å². The summed E-state index contributed by atoms with van der Waals surface area (Å²) in [6, 6.07) is 8.17. The van der Waals surface area contributed by atoms with Crippen molar-refractivity contribution in [2.45, 2.75) is 25.7 Å². The first-order chi connectivity index (χ1) is 9.43. The molecule has 2 nitrogen and oxygen atoms in total. The minimum Gasteiger partial charge on any atom is -0.256 e. The van der Waals surface area contributed by atoms with Crippen LogP contribution in [0.4, 0.5) is 0 Å². The van der Waals surface area contributed by atoms with Crippen LogP contribution in [0.5, 0.6) is 0 Å². The minimum atomic E-state index is 1.05. The van der Waals surface area contributed by atoms with E-state index in [1.165, 1.54) is 51.9 Å². The number of aromatic nitrogens is 2. The van der Waals surface area contributed by atoms with Gasteiger partial charge in [0.15, 0.2) is 0 Å². The van der Waals surface area contributed by atoms with Crippen LogP contribution in [-0.2, 0) is 12.8 Å². The zero-order valence-electron chi connectivity index (χ0n) is 10.6. The van der Waals surface area contributed by atoms with Crippen LogP contribution in [0, 0.1) is 0 Å². The highest BCUT2D eigenvalue weighted by molar-refractivity contribution is 7.19. The summed E-state index contributed by atoms with van der Waals surface area (Å²) in [4.78, 5) is 10.6. The number of hydrogen-bond donors (Lipinski definition) is 0. The number of rotatable bonds is 1. The lowest BCUT2D eigenvalue weighted by Crippen LogP contribution is -1.98. The van der Waals surface area contributed by atoms with Crippen LogP contribution in [0.15, 0.2) is 36.7 Å². The molecule has 3 aromatic rings. The number of nitrogens with zero attached hydrogens (tertiary/aromatic N) is 2. The quantitative estimate of drug-likeness (QED) is 0.658. The van der Waals surface area contributed by atoms with E-state index in [1.807, 2.05) is 35.9 Å². The van der Waals surface area contributed by atoms with E-state index in [1.54, 1.807) is 0 Å². The zero-order valence-corrected chi connectivity index (χ0v) is 11.4. The molecule has 0 radical (unpaired) electrons. The van der Waals surface area contributed by atoms with Crippen molar-refractivity contribution in [3.63, 3.8) is 0 Å². The molecule has 0 N–H and O–H groups in total. The molecule has 0 unspecified atom stereocenters. The monoisotopic (exact) mass is 266 g/mol. The first-order valence-corrected chi connectivity index (χ1v) is 7.56. The summed E-state index contributed by atoms with van der Waals surface area (Å²) in [7, 11) is 0. The van der Waals surface area contributed by atoms with Gasteiger partial charge in [-0.05, 0) is 49.4 Å². The summed E-state index contributed by atoms with van der Waals surface area (Å²) in [5.41, 5.74) is 4.98. The second-order valence-electron chi connectivity index (χ2n) is 4.96. The molecular weight excluding hydrogens is 252 g/mol. The van der Waals surface area contributed by atoms with Crippen LogP contribution < -0.4 is 0 Å². The first-order valence-electron chi connectivity index (χ1n) is 6.74. The van der Waals surface area contributed by atoms with E-state index >= 15 is 0 Å². The number of aryl methyl sites for hydroxylation is 2. The fourth-order valence-corrected chi connectivity index (χ4v) is 4.22. The van der Waals surface area contributed by atoms with Crippen molar-refractivity contribution in [1.29, 1.82) is 0 Å². The molecule has 0 bridgehead atoms. The Kier molecular flexibility index (Phi) is 2.59. The molecule has 0 aliphatic heterocycles. The van der Waals surface area contributed by atoms with Crippen molar-refractivity contribution in [3.05, 3.63) is 47.1 Å². The molecule has 0 spiro atoms. The Balaban J connectivity index is 2.00. The van der Waals surface area contributed by atoms with Gasteiger partial charge in [-0.15, -0.1) is 11.3 Å². The standard InChI is InChI=1S/C16H14N2S/c1-2-7-14-12(5-1)15-16(19-14)11(8-10-18-15)13-6-3-4-9-17-13/h3-4,6,8-10H,1-2,5,7H2. The molecule has 4 rings (SSSR count). The highest BCUT2D eigenvalue weighted by atomic mass is 32.1. The van der Waals surface area contributed by atoms with Gasteiger partial charge in [0.1, 0.15) is 0 Å². The normalized spacial score (nSPS) is 14.5. The first kappa shape index (κ1) is 11.1. The fourth-order valence-electron chi connectivity index (χ4n) is 2.85. The summed E-state index contributed by atoms with van der Waals surface area (Å²) < 4.78 is 1.31. The van der Waals surface area contributed by atoms with Crippen LogP contribution in [0.25, 0.3) is 21.5 Å². The van der Waals surface area contributed by atoms with E-state index in [-0.39, 0.29) is 0 Å². The zero-order chi connectivity index (χ0) is 12.7. The molecular formula is C16H14N2S. The summed E-state index contributed by atoms with van der Waals surface area (Å²) in [5, 5.41) is 0. The van der Waals surface area contributed by atoms with Crippen molar-refractivity contribution in [1.82, 2.24) is 9.97 Å². The van der Waals surface area contributed by atoms with Gasteiger partial charge in [0.2, 0.25) is 0 Å². The third kappa shape index (κ3) is 1.77. The molecule has 0 atom stereocenters. The average molecular weight is 266 g/mol. The Bertz CT molecular complexity index is 731.